The Bertz CT molecular complexity index is 317. The average Bonchev–Trinajstić information content (AvgIpc) is 2.15. The van der Waals surface area contributed by atoms with Crippen LogP contribution in [0.1, 0.15) is 13.3 Å². The zero-order valence-corrected chi connectivity index (χ0v) is 10.9. The lowest BCUT2D eigenvalue weighted by Crippen LogP contribution is -2.35. The fraction of sp³-hybridized carbons (Fsp3) is 0.889. The molecule has 0 rings (SSSR count). The summed E-state index contributed by atoms with van der Waals surface area (Å²) in [7, 11) is -3.18. The van der Waals surface area contributed by atoms with Gasteiger partial charge in [-0.15, -0.1) is 0 Å². The van der Waals surface area contributed by atoms with Crippen LogP contribution in [0.25, 0.3) is 0 Å². The number of carbonyl (C=O) groups is 1. The van der Waals surface area contributed by atoms with Crippen LogP contribution < -0.4 is 10.0 Å². The van der Waals surface area contributed by atoms with E-state index in [1.165, 1.54) is 0 Å². The molecule has 0 aliphatic carbocycles. The van der Waals surface area contributed by atoms with Crippen molar-refractivity contribution < 1.29 is 23.1 Å². The number of sulfonamides is 1. The van der Waals surface area contributed by atoms with Crippen LogP contribution in [0.5, 0.6) is 0 Å². The Kier molecular flexibility index (Phi) is 8.05. The summed E-state index contributed by atoms with van der Waals surface area (Å²) in [6, 6.07) is 0. The van der Waals surface area contributed by atoms with E-state index in [9.17, 15) is 18.3 Å². The molecular weight excluding hydrogens is 248 g/mol. The molecule has 0 spiro atoms. The standard InChI is InChI=1S/C9H20N2O5S/c1-3-16-9(13)6-8(12)7-10-4-5-11-17(2,14)15/h8,10-12H,3-7H2,1-2H3. The summed E-state index contributed by atoms with van der Waals surface area (Å²) in [6.45, 7) is 2.82. The predicted octanol–water partition coefficient (Wildman–Crippen LogP) is -1.56. The third-order valence-electron chi connectivity index (χ3n) is 1.75. The summed E-state index contributed by atoms with van der Waals surface area (Å²) in [6.07, 6.45) is 0.176. The molecule has 0 saturated heterocycles. The van der Waals surface area contributed by atoms with Crippen molar-refractivity contribution in [3.05, 3.63) is 0 Å². The number of nitrogens with one attached hydrogen (secondary N) is 2. The average molecular weight is 268 g/mol. The Morgan fingerprint density at radius 2 is 2.06 bits per heavy atom. The van der Waals surface area contributed by atoms with Gasteiger partial charge in [0.25, 0.3) is 0 Å². The molecular formula is C9H20N2O5S. The monoisotopic (exact) mass is 268 g/mol. The van der Waals surface area contributed by atoms with Crippen molar-refractivity contribution in [2.45, 2.75) is 19.4 Å². The number of rotatable bonds is 9. The van der Waals surface area contributed by atoms with Gasteiger partial charge in [-0.3, -0.25) is 4.79 Å². The molecule has 0 aliphatic rings. The first-order chi connectivity index (χ1) is 7.85. The molecule has 8 heteroatoms. The number of hydrogen-bond acceptors (Lipinski definition) is 6. The van der Waals surface area contributed by atoms with Crippen LogP contribution >= 0.6 is 0 Å². The van der Waals surface area contributed by atoms with Gasteiger partial charge in [0.05, 0.1) is 25.4 Å². The summed E-state index contributed by atoms with van der Waals surface area (Å²) in [5, 5.41) is 12.2. The van der Waals surface area contributed by atoms with Crippen molar-refractivity contribution in [2.24, 2.45) is 0 Å². The number of carbonyl (C=O) groups excluding carboxylic acids is 1. The summed E-state index contributed by atoms with van der Waals surface area (Å²) >= 11 is 0. The largest absolute Gasteiger partial charge is 0.466 e. The van der Waals surface area contributed by atoms with Crippen LogP contribution in [-0.2, 0) is 19.6 Å². The quantitative estimate of drug-likeness (QED) is 0.345. The van der Waals surface area contributed by atoms with Crippen LogP contribution in [0.2, 0.25) is 0 Å². The molecule has 1 atom stereocenters. The minimum absolute atomic E-state index is 0.0691. The molecule has 7 nitrogen and oxygen atoms in total. The minimum atomic E-state index is -3.18. The number of hydrogen-bond donors (Lipinski definition) is 3. The lowest BCUT2D eigenvalue weighted by Gasteiger charge is -2.11. The van der Waals surface area contributed by atoms with Crippen molar-refractivity contribution in [1.29, 1.82) is 0 Å². The Morgan fingerprint density at radius 1 is 1.41 bits per heavy atom. The summed E-state index contributed by atoms with van der Waals surface area (Å²) in [4.78, 5) is 11.0. The van der Waals surface area contributed by atoms with Gasteiger partial charge in [-0.1, -0.05) is 0 Å². The second-order valence-electron chi connectivity index (χ2n) is 3.53. The molecule has 0 bridgehead atoms. The molecule has 0 amide bonds. The number of esters is 1. The van der Waals surface area contributed by atoms with Gasteiger partial charge in [-0.05, 0) is 6.92 Å². The molecule has 0 saturated carbocycles. The van der Waals surface area contributed by atoms with Crippen molar-refractivity contribution in [3.8, 4) is 0 Å². The van der Waals surface area contributed by atoms with Gasteiger partial charge in [0.2, 0.25) is 10.0 Å². The van der Waals surface area contributed by atoms with Gasteiger partial charge in [-0.25, -0.2) is 13.1 Å². The highest BCUT2D eigenvalue weighted by atomic mass is 32.2. The second-order valence-corrected chi connectivity index (χ2v) is 5.37. The number of ether oxygens (including phenoxy) is 1. The summed E-state index contributed by atoms with van der Waals surface area (Å²) in [5.74, 6) is -0.448. The number of aliphatic hydroxyl groups is 1. The molecule has 0 heterocycles. The third-order valence-corrected chi connectivity index (χ3v) is 2.48. The highest BCUT2D eigenvalue weighted by Crippen LogP contribution is 1.93. The van der Waals surface area contributed by atoms with E-state index in [4.69, 9.17) is 0 Å². The van der Waals surface area contributed by atoms with Gasteiger partial charge >= 0.3 is 5.97 Å². The highest BCUT2D eigenvalue weighted by molar-refractivity contribution is 7.88. The molecule has 1 unspecified atom stereocenters. The first-order valence-corrected chi connectivity index (χ1v) is 7.23. The molecule has 102 valence electrons. The zero-order chi connectivity index (χ0) is 13.3. The Morgan fingerprint density at radius 3 is 2.59 bits per heavy atom. The van der Waals surface area contributed by atoms with E-state index in [1.54, 1.807) is 6.92 Å². The van der Waals surface area contributed by atoms with Crippen LogP contribution in [-0.4, -0.2) is 58.1 Å². The molecule has 3 N–H and O–H groups in total. The highest BCUT2D eigenvalue weighted by Gasteiger charge is 2.10. The normalized spacial score (nSPS) is 13.4. The number of aliphatic hydroxyl groups excluding tert-OH is 1. The van der Waals surface area contributed by atoms with E-state index in [0.29, 0.717) is 6.54 Å². The predicted molar refractivity (Wildman–Crippen MR) is 63.0 cm³/mol. The fourth-order valence-electron chi connectivity index (χ4n) is 1.08. The summed E-state index contributed by atoms with van der Waals surface area (Å²) < 4.78 is 28.4. The molecule has 0 fully saturated rings. The zero-order valence-electron chi connectivity index (χ0n) is 10.1. The first-order valence-electron chi connectivity index (χ1n) is 5.34. The van der Waals surface area contributed by atoms with Crippen LogP contribution in [0.4, 0.5) is 0 Å². The minimum Gasteiger partial charge on any atom is -0.466 e. The van der Waals surface area contributed by atoms with E-state index >= 15 is 0 Å². The first kappa shape index (κ1) is 16.3. The molecule has 0 aromatic heterocycles. The van der Waals surface area contributed by atoms with Gasteiger partial charge < -0.3 is 15.2 Å². The maximum absolute atomic E-state index is 11.0. The van der Waals surface area contributed by atoms with E-state index in [-0.39, 0.29) is 26.1 Å². The lowest BCUT2D eigenvalue weighted by molar-refractivity contribution is -0.145. The topological polar surface area (TPSA) is 105 Å². The van der Waals surface area contributed by atoms with Crippen molar-refractivity contribution in [1.82, 2.24) is 10.0 Å². The Labute approximate surface area is 102 Å². The van der Waals surface area contributed by atoms with Crippen LogP contribution in [0.3, 0.4) is 0 Å². The maximum atomic E-state index is 11.0. The van der Waals surface area contributed by atoms with E-state index < -0.39 is 22.1 Å². The van der Waals surface area contributed by atoms with Crippen LogP contribution in [0, 0.1) is 0 Å². The van der Waals surface area contributed by atoms with Crippen LogP contribution in [0.15, 0.2) is 0 Å². The summed E-state index contributed by atoms with van der Waals surface area (Å²) in [5.41, 5.74) is 0. The molecule has 0 radical (unpaired) electrons. The van der Waals surface area contributed by atoms with Crippen molar-refractivity contribution >= 4 is 16.0 Å². The van der Waals surface area contributed by atoms with Gasteiger partial charge in [0, 0.05) is 19.6 Å². The van der Waals surface area contributed by atoms with Gasteiger partial charge in [-0.2, -0.15) is 0 Å². The van der Waals surface area contributed by atoms with E-state index in [1.807, 2.05) is 0 Å². The molecule has 0 aromatic rings. The second kappa shape index (κ2) is 8.40. The SMILES string of the molecule is CCOC(=O)CC(O)CNCCNS(C)(=O)=O. The van der Waals surface area contributed by atoms with E-state index in [2.05, 4.69) is 14.8 Å². The smallest absolute Gasteiger partial charge is 0.308 e. The Balaban J connectivity index is 3.51. The maximum Gasteiger partial charge on any atom is 0.308 e. The Hall–Kier alpha value is -0.700. The van der Waals surface area contributed by atoms with Gasteiger partial charge in [0.1, 0.15) is 0 Å². The van der Waals surface area contributed by atoms with E-state index in [0.717, 1.165) is 6.26 Å². The molecule has 0 aromatic carbocycles. The molecule has 17 heavy (non-hydrogen) atoms. The molecule has 0 aliphatic heterocycles. The third kappa shape index (κ3) is 11.6. The van der Waals surface area contributed by atoms with Crippen molar-refractivity contribution in [3.63, 3.8) is 0 Å². The van der Waals surface area contributed by atoms with Crippen molar-refractivity contribution in [2.75, 3.05) is 32.5 Å². The van der Waals surface area contributed by atoms with Gasteiger partial charge in [0.15, 0.2) is 0 Å². The lowest BCUT2D eigenvalue weighted by atomic mass is 10.2. The fourth-order valence-corrected chi connectivity index (χ4v) is 1.55.